The van der Waals surface area contributed by atoms with Gasteiger partial charge in [-0.3, -0.25) is 9.59 Å². The minimum absolute atomic E-state index is 0.00357. The molecular weight excluding hydrogens is 328 g/mol. The van der Waals surface area contributed by atoms with Crippen LogP contribution in [0.4, 0.5) is 0 Å². The molecular formula is C21H28N2O3. The van der Waals surface area contributed by atoms with Gasteiger partial charge in [0.2, 0.25) is 11.8 Å². The van der Waals surface area contributed by atoms with Gasteiger partial charge in [-0.05, 0) is 44.6 Å². The fraction of sp³-hybridized carbons (Fsp3) is 0.619. The van der Waals surface area contributed by atoms with Gasteiger partial charge < -0.3 is 14.9 Å². The van der Waals surface area contributed by atoms with E-state index in [2.05, 4.69) is 25.1 Å². The highest BCUT2D eigenvalue weighted by Crippen LogP contribution is 2.42. The molecule has 0 unspecified atom stereocenters. The third-order valence-electron chi connectivity index (χ3n) is 6.55. The molecule has 3 fully saturated rings. The average Bonchev–Trinajstić information content (AvgIpc) is 2.89. The molecule has 5 nitrogen and oxygen atoms in total. The number of aliphatic hydroxyl groups is 1. The van der Waals surface area contributed by atoms with Crippen molar-refractivity contribution in [1.82, 2.24) is 9.80 Å². The average molecular weight is 356 g/mol. The van der Waals surface area contributed by atoms with Crippen LogP contribution in [0.15, 0.2) is 24.3 Å². The largest absolute Gasteiger partial charge is 0.393 e. The predicted octanol–water partition coefficient (Wildman–Crippen LogP) is 2.11. The Morgan fingerprint density at radius 2 is 1.88 bits per heavy atom. The van der Waals surface area contributed by atoms with Crippen molar-refractivity contribution in [3.05, 3.63) is 35.4 Å². The van der Waals surface area contributed by atoms with E-state index in [4.69, 9.17) is 0 Å². The number of rotatable bonds is 3. The first-order valence-electron chi connectivity index (χ1n) is 9.79. The van der Waals surface area contributed by atoms with Gasteiger partial charge in [0.25, 0.3) is 0 Å². The molecule has 1 aliphatic carbocycles. The summed E-state index contributed by atoms with van der Waals surface area (Å²) in [4.78, 5) is 29.5. The topological polar surface area (TPSA) is 60.9 Å². The first kappa shape index (κ1) is 17.5. The van der Waals surface area contributed by atoms with Gasteiger partial charge >= 0.3 is 0 Å². The highest BCUT2D eigenvalue weighted by molar-refractivity contribution is 5.86. The van der Waals surface area contributed by atoms with E-state index in [1.807, 2.05) is 15.9 Å². The maximum Gasteiger partial charge on any atom is 0.229 e. The molecule has 5 heteroatoms. The van der Waals surface area contributed by atoms with Crippen LogP contribution in [0.25, 0.3) is 0 Å². The number of aliphatic hydroxyl groups excluding tert-OH is 1. The minimum Gasteiger partial charge on any atom is -0.393 e. The number of nitrogens with zero attached hydrogens (tertiary/aromatic N) is 2. The molecule has 3 aliphatic rings. The number of likely N-dealkylation sites (tertiary alicyclic amines) is 2. The zero-order valence-corrected chi connectivity index (χ0v) is 15.5. The highest BCUT2D eigenvalue weighted by atomic mass is 16.3. The van der Waals surface area contributed by atoms with Crippen LogP contribution in [-0.4, -0.2) is 52.5 Å². The second-order valence-electron chi connectivity index (χ2n) is 8.39. The monoisotopic (exact) mass is 356 g/mol. The van der Waals surface area contributed by atoms with Crippen molar-refractivity contribution in [1.29, 1.82) is 0 Å². The van der Waals surface area contributed by atoms with Gasteiger partial charge in [-0.15, -0.1) is 0 Å². The lowest BCUT2D eigenvalue weighted by Gasteiger charge is -2.41. The second kappa shape index (κ2) is 6.69. The molecule has 1 N–H and O–H groups in total. The summed E-state index contributed by atoms with van der Waals surface area (Å²) < 4.78 is 0. The van der Waals surface area contributed by atoms with E-state index >= 15 is 0 Å². The van der Waals surface area contributed by atoms with E-state index in [0.717, 1.165) is 25.8 Å². The first-order chi connectivity index (χ1) is 12.5. The van der Waals surface area contributed by atoms with Crippen LogP contribution < -0.4 is 0 Å². The van der Waals surface area contributed by atoms with E-state index in [9.17, 15) is 14.7 Å². The van der Waals surface area contributed by atoms with Gasteiger partial charge in [-0.1, -0.05) is 29.8 Å². The normalized spacial score (nSPS) is 27.7. The van der Waals surface area contributed by atoms with Crippen LogP contribution in [0.1, 0.15) is 43.2 Å². The Labute approximate surface area is 155 Å². The lowest BCUT2D eigenvalue weighted by Crippen LogP contribution is -2.50. The molecule has 0 radical (unpaired) electrons. The summed E-state index contributed by atoms with van der Waals surface area (Å²) in [7, 11) is 0. The van der Waals surface area contributed by atoms with Crippen LogP contribution in [0, 0.1) is 18.3 Å². The smallest absolute Gasteiger partial charge is 0.229 e. The molecule has 2 saturated heterocycles. The fourth-order valence-electron chi connectivity index (χ4n) is 4.74. The molecule has 4 rings (SSSR count). The number of benzene rings is 1. The standard InChI is InChI=1S/C21H28N2O3/c1-15-3-2-4-16(11-15)14-23-10-7-21(20(23)26)5-8-22(9-6-21)19(25)17-12-18(24)13-17/h2-4,11,17-18,24H,5-10,12-14H2,1H3. The van der Waals surface area contributed by atoms with Gasteiger partial charge in [0.15, 0.2) is 0 Å². The van der Waals surface area contributed by atoms with Crippen LogP contribution >= 0.6 is 0 Å². The van der Waals surface area contributed by atoms with Gasteiger partial charge in [-0.2, -0.15) is 0 Å². The van der Waals surface area contributed by atoms with Crippen molar-refractivity contribution >= 4 is 11.8 Å². The van der Waals surface area contributed by atoms with Crippen molar-refractivity contribution in [2.75, 3.05) is 19.6 Å². The minimum atomic E-state index is -0.299. The molecule has 0 atom stereocenters. The molecule has 1 aromatic rings. The summed E-state index contributed by atoms with van der Waals surface area (Å²) in [6, 6.07) is 8.35. The third-order valence-corrected chi connectivity index (χ3v) is 6.55. The SMILES string of the molecule is Cc1cccc(CN2CCC3(CCN(C(=O)C4CC(O)C4)CC3)C2=O)c1. The number of amides is 2. The molecule has 0 aromatic heterocycles. The Kier molecular flexibility index (Phi) is 4.51. The van der Waals surface area contributed by atoms with Crippen LogP contribution in [0.2, 0.25) is 0 Å². The summed E-state index contributed by atoms with van der Waals surface area (Å²) in [5, 5.41) is 9.41. The number of carbonyl (C=O) groups excluding carboxylic acids is 2. The van der Waals surface area contributed by atoms with Crippen LogP contribution in [-0.2, 0) is 16.1 Å². The zero-order valence-electron chi connectivity index (χ0n) is 15.5. The Balaban J connectivity index is 1.35. The van der Waals surface area contributed by atoms with Crippen molar-refractivity contribution in [2.45, 2.75) is 51.7 Å². The maximum atomic E-state index is 13.1. The molecule has 0 bridgehead atoms. The summed E-state index contributed by atoms with van der Waals surface area (Å²) in [6.45, 7) is 4.93. The van der Waals surface area contributed by atoms with E-state index in [-0.39, 0.29) is 29.3 Å². The Bertz CT molecular complexity index is 703. The Morgan fingerprint density at radius 1 is 1.19 bits per heavy atom. The molecule has 2 heterocycles. The van der Waals surface area contributed by atoms with Crippen molar-refractivity contribution in [2.24, 2.45) is 11.3 Å². The van der Waals surface area contributed by atoms with Gasteiger partial charge in [0.05, 0.1) is 11.5 Å². The summed E-state index contributed by atoms with van der Waals surface area (Å²) in [6.07, 6.45) is 3.36. The van der Waals surface area contributed by atoms with Gasteiger partial charge in [0, 0.05) is 32.1 Å². The molecule has 2 aliphatic heterocycles. The van der Waals surface area contributed by atoms with Crippen molar-refractivity contribution in [3.8, 4) is 0 Å². The van der Waals surface area contributed by atoms with E-state index in [1.54, 1.807) is 0 Å². The van der Waals surface area contributed by atoms with Crippen LogP contribution in [0.3, 0.4) is 0 Å². The summed E-state index contributed by atoms with van der Waals surface area (Å²) in [5.74, 6) is 0.438. The molecule has 140 valence electrons. The molecule has 2 amide bonds. The summed E-state index contributed by atoms with van der Waals surface area (Å²) in [5.41, 5.74) is 2.14. The predicted molar refractivity (Wildman–Crippen MR) is 98.2 cm³/mol. The third kappa shape index (κ3) is 3.13. The molecule has 1 saturated carbocycles. The lowest BCUT2D eigenvalue weighted by molar-refractivity contribution is -0.148. The first-order valence-corrected chi connectivity index (χ1v) is 9.79. The molecule has 1 aromatic carbocycles. The number of hydrogen-bond donors (Lipinski definition) is 1. The number of piperidine rings is 1. The Hall–Kier alpha value is -1.88. The van der Waals surface area contributed by atoms with Gasteiger partial charge in [0.1, 0.15) is 0 Å². The molecule has 1 spiro atoms. The number of aryl methyl sites for hydroxylation is 1. The number of carbonyl (C=O) groups is 2. The van der Waals surface area contributed by atoms with E-state index in [0.29, 0.717) is 32.5 Å². The van der Waals surface area contributed by atoms with Gasteiger partial charge in [-0.25, -0.2) is 0 Å². The van der Waals surface area contributed by atoms with Crippen molar-refractivity contribution in [3.63, 3.8) is 0 Å². The van der Waals surface area contributed by atoms with E-state index < -0.39 is 0 Å². The Morgan fingerprint density at radius 3 is 2.54 bits per heavy atom. The number of hydrogen-bond acceptors (Lipinski definition) is 3. The highest BCUT2D eigenvalue weighted by Gasteiger charge is 2.49. The van der Waals surface area contributed by atoms with Crippen LogP contribution in [0.5, 0.6) is 0 Å². The van der Waals surface area contributed by atoms with Crippen molar-refractivity contribution < 1.29 is 14.7 Å². The lowest BCUT2D eigenvalue weighted by atomic mass is 9.76. The quantitative estimate of drug-likeness (QED) is 0.902. The second-order valence-corrected chi connectivity index (χ2v) is 8.39. The van der Waals surface area contributed by atoms with E-state index in [1.165, 1.54) is 11.1 Å². The maximum absolute atomic E-state index is 13.1. The molecule has 26 heavy (non-hydrogen) atoms. The zero-order chi connectivity index (χ0) is 18.3. The summed E-state index contributed by atoms with van der Waals surface area (Å²) >= 11 is 0. The fourth-order valence-corrected chi connectivity index (χ4v) is 4.74.